The number of nitrogens with zero attached hydrogens (tertiary/aromatic N) is 8. The maximum Gasteiger partial charge on any atom is 0.436 e. The quantitative estimate of drug-likeness (QED) is 0.517. The van der Waals surface area contributed by atoms with E-state index in [4.69, 9.17) is 11.6 Å². The van der Waals surface area contributed by atoms with E-state index in [1.807, 2.05) is 0 Å². The lowest BCUT2D eigenvalue weighted by molar-refractivity contribution is -0.141. The Morgan fingerprint density at radius 2 is 2.00 bits per heavy atom. The summed E-state index contributed by atoms with van der Waals surface area (Å²) >= 11 is 6.01. The molecule has 0 radical (unpaired) electrons. The molecule has 1 aliphatic rings. The first-order valence-electron chi connectivity index (χ1n) is 8.68. The molecular weight excluding hydrogens is 397 g/mol. The summed E-state index contributed by atoms with van der Waals surface area (Å²) in [6.07, 6.45) is 0.575. The molecule has 0 aliphatic heterocycles. The van der Waals surface area contributed by atoms with Crippen molar-refractivity contribution in [3.8, 4) is 0 Å². The van der Waals surface area contributed by atoms with Gasteiger partial charge < -0.3 is 0 Å². The minimum Gasteiger partial charge on any atom is -0.267 e. The average Bonchev–Trinajstić information content (AvgIpc) is 3.11. The van der Waals surface area contributed by atoms with Gasteiger partial charge in [-0.3, -0.25) is 9.36 Å². The fraction of sp³-hybridized carbons (Fsp3) is 0.438. The van der Waals surface area contributed by atoms with E-state index in [0.29, 0.717) is 29.2 Å². The number of hydrogen-bond donors (Lipinski definition) is 0. The molecule has 0 atom stereocenters. The maximum absolute atomic E-state index is 13.2. The fourth-order valence-corrected chi connectivity index (χ4v) is 3.74. The first kappa shape index (κ1) is 17.4. The van der Waals surface area contributed by atoms with Gasteiger partial charge in [-0.15, -0.1) is 5.10 Å². The van der Waals surface area contributed by atoms with E-state index < -0.39 is 11.9 Å². The van der Waals surface area contributed by atoms with Crippen LogP contribution >= 0.6 is 11.6 Å². The molecule has 1 fully saturated rings. The summed E-state index contributed by atoms with van der Waals surface area (Å²) in [7, 11) is 1.78. The van der Waals surface area contributed by atoms with E-state index in [9.17, 15) is 13.2 Å². The van der Waals surface area contributed by atoms with Gasteiger partial charge in [0, 0.05) is 25.9 Å². The maximum atomic E-state index is 13.2. The molecule has 4 heterocycles. The molecular formula is C16H14ClF3N8. The summed E-state index contributed by atoms with van der Waals surface area (Å²) in [4.78, 5) is 8.79. The van der Waals surface area contributed by atoms with Crippen LogP contribution in [-0.4, -0.2) is 39.1 Å². The summed E-state index contributed by atoms with van der Waals surface area (Å²) in [5.74, 6) is 0.518. The van der Waals surface area contributed by atoms with Crippen LogP contribution in [0.4, 0.5) is 13.2 Å². The van der Waals surface area contributed by atoms with Crippen molar-refractivity contribution in [3.63, 3.8) is 0 Å². The van der Waals surface area contributed by atoms with Crippen molar-refractivity contribution >= 4 is 28.3 Å². The predicted octanol–water partition coefficient (Wildman–Crippen LogP) is 3.00. The third-order valence-corrected chi connectivity index (χ3v) is 5.20. The van der Waals surface area contributed by atoms with Gasteiger partial charge in [-0.05, 0) is 12.8 Å². The molecule has 0 saturated heterocycles. The van der Waals surface area contributed by atoms with Gasteiger partial charge in [-0.1, -0.05) is 11.6 Å². The van der Waals surface area contributed by atoms with E-state index in [1.165, 1.54) is 11.0 Å². The number of hydrogen-bond acceptors (Lipinski definition) is 5. The Morgan fingerprint density at radius 3 is 2.71 bits per heavy atom. The van der Waals surface area contributed by atoms with E-state index in [2.05, 4.69) is 25.3 Å². The molecule has 28 heavy (non-hydrogen) atoms. The van der Waals surface area contributed by atoms with Crippen molar-refractivity contribution in [3.05, 3.63) is 34.8 Å². The lowest BCUT2D eigenvalue weighted by atomic mass is 10.2. The van der Waals surface area contributed by atoms with Gasteiger partial charge in [-0.25, -0.2) is 14.5 Å². The summed E-state index contributed by atoms with van der Waals surface area (Å²) in [5.41, 5.74) is 0.704. The van der Waals surface area contributed by atoms with Crippen LogP contribution in [0.15, 0.2) is 12.5 Å². The second-order valence-electron chi connectivity index (χ2n) is 6.84. The molecule has 4 aromatic heterocycles. The highest BCUT2D eigenvalue weighted by molar-refractivity contribution is 6.32. The molecule has 1 saturated carbocycles. The van der Waals surface area contributed by atoms with Crippen molar-refractivity contribution in [1.82, 2.24) is 39.1 Å². The van der Waals surface area contributed by atoms with E-state index in [1.54, 1.807) is 22.4 Å². The van der Waals surface area contributed by atoms with Gasteiger partial charge in [0.05, 0.1) is 22.3 Å². The van der Waals surface area contributed by atoms with Crippen molar-refractivity contribution in [1.29, 1.82) is 0 Å². The molecule has 0 aromatic carbocycles. The molecule has 1 aliphatic carbocycles. The molecule has 0 spiro atoms. The monoisotopic (exact) mass is 410 g/mol. The Morgan fingerprint density at radius 1 is 1.21 bits per heavy atom. The average molecular weight is 411 g/mol. The van der Waals surface area contributed by atoms with Crippen LogP contribution in [0.5, 0.6) is 0 Å². The Bertz CT molecular complexity index is 1200. The summed E-state index contributed by atoms with van der Waals surface area (Å²) in [6.45, 7) is 0.210. The standard InChI is InChI=1S/C16H14ClF3N8/c1-26-14-9(6-22-26)15-23-10(24-28(15)7-21-14)4-5-27-12(8-2-3-8)11(17)13(25-27)16(18,19)20/h6-8H,2-5H2,1H3. The number of halogens is 4. The summed E-state index contributed by atoms with van der Waals surface area (Å²) < 4.78 is 44.1. The molecule has 5 rings (SSSR count). The molecule has 146 valence electrons. The number of fused-ring (bicyclic) bond motifs is 3. The second-order valence-corrected chi connectivity index (χ2v) is 7.22. The van der Waals surface area contributed by atoms with Crippen molar-refractivity contribution in [2.24, 2.45) is 7.05 Å². The van der Waals surface area contributed by atoms with E-state index in [0.717, 1.165) is 18.2 Å². The topological polar surface area (TPSA) is 78.7 Å². The Labute approximate surface area is 160 Å². The second kappa shape index (κ2) is 5.90. The lowest BCUT2D eigenvalue weighted by Crippen LogP contribution is -2.10. The smallest absolute Gasteiger partial charge is 0.267 e. The summed E-state index contributed by atoms with van der Waals surface area (Å²) in [6, 6.07) is 0. The molecule has 0 N–H and O–H groups in total. The Kier molecular flexibility index (Phi) is 3.67. The van der Waals surface area contributed by atoms with Crippen molar-refractivity contribution in [2.75, 3.05) is 0 Å². The van der Waals surface area contributed by atoms with Crippen LogP contribution in [0.25, 0.3) is 16.7 Å². The Balaban J connectivity index is 1.47. The molecule has 0 amide bonds. The van der Waals surface area contributed by atoms with Gasteiger partial charge in [-0.2, -0.15) is 23.4 Å². The van der Waals surface area contributed by atoms with Gasteiger partial charge >= 0.3 is 6.18 Å². The van der Waals surface area contributed by atoms with E-state index >= 15 is 0 Å². The minimum absolute atomic E-state index is 0.0318. The first-order chi connectivity index (χ1) is 13.3. The molecule has 4 aromatic rings. The largest absolute Gasteiger partial charge is 0.436 e. The van der Waals surface area contributed by atoms with Crippen molar-refractivity contribution < 1.29 is 13.2 Å². The highest BCUT2D eigenvalue weighted by Crippen LogP contribution is 2.46. The lowest BCUT2D eigenvalue weighted by Gasteiger charge is -2.05. The van der Waals surface area contributed by atoms with Gasteiger partial charge in [0.25, 0.3) is 0 Å². The van der Waals surface area contributed by atoms with Gasteiger partial charge in [0.15, 0.2) is 22.8 Å². The molecule has 0 bridgehead atoms. The fourth-order valence-electron chi connectivity index (χ4n) is 3.35. The summed E-state index contributed by atoms with van der Waals surface area (Å²) in [5, 5.41) is 12.7. The zero-order valence-electron chi connectivity index (χ0n) is 14.7. The first-order valence-corrected chi connectivity index (χ1v) is 9.06. The zero-order valence-corrected chi connectivity index (χ0v) is 15.4. The van der Waals surface area contributed by atoms with Crippen molar-refractivity contribution in [2.45, 2.75) is 37.9 Å². The number of aromatic nitrogens is 8. The Hall–Kier alpha value is -2.69. The zero-order chi connectivity index (χ0) is 19.6. The molecule has 0 unspecified atom stereocenters. The number of alkyl halides is 3. The highest BCUT2D eigenvalue weighted by atomic mass is 35.5. The minimum atomic E-state index is -4.58. The van der Waals surface area contributed by atoms with Crippen LogP contribution in [0.3, 0.4) is 0 Å². The number of rotatable bonds is 4. The SMILES string of the molecule is Cn1ncc2c1ncn1nc(CCn3nc(C(F)(F)F)c(Cl)c3C3CC3)nc21. The van der Waals surface area contributed by atoms with Gasteiger partial charge in [0.1, 0.15) is 6.33 Å². The molecule has 12 heteroatoms. The number of aryl methyl sites for hydroxylation is 3. The van der Waals surface area contributed by atoms with Crippen LogP contribution in [0, 0.1) is 0 Å². The van der Waals surface area contributed by atoms with Crippen LogP contribution in [0.1, 0.15) is 36.0 Å². The van der Waals surface area contributed by atoms with E-state index in [-0.39, 0.29) is 17.5 Å². The van der Waals surface area contributed by atoms with Crippen LogP contribution < -0.4 is 0 Å². The molecule has 8 nitrogen and oxygen atoms in total. The normalized spacial score (nSPS) is 15.2. The van der Waals surface area contributed by atoms with Crippen LogP contribution in [-0.2, 0) is 26.2 Å². The highest BCUT2D eigenvalue weighted by Gasteiger charge is 2.42. The third kappa shape index (κ3) is 2.72. The third-order valence-electron chi connectivity index (χ3n) is 4.82. The van der Waals surface area contributed by atoms with Gasteiger partial charge in [0.2, 0.25) is 0 Å². The predicted molar refractivity (Wildman–Crippen MR) is 93.0 cm³/mol. The van der Waals surface area contributed by atoms with Crippen LogP contribution in [0.2, 0.25) is 5.02 Å².